The molecular formula is C17H21N3O. The van der Waals surface area contributed by atoms with Gasteiger partial charge in [0.2, 0.25) is 0 Å². The van der Waals surface area contributed by atoms with Crippen molar-refractivity contribution in [3.8, 4) is 0 Å². The Kier molecular flexibility index (Phi) is 3.78. The van der Waals surface area contributed by atoms with Gasteiger partial charge < -0.3 is 5.32 Å². The second-order valence-corrected chi connectivity index (χ2v) is 5.72. The molecule has 1 N–H and O–H groups in total. The zero-order valence-corrected chi connectivity index (χ0v) is 12.5. The molecule has 0 aliphatic heterocycles. The average Bonchev–Trinajstić information content (AvgIpc) is 3.15. The maximum Gasteiger partial charge on any atom is 0.254 e. The van der Waals surface area contributed by atoms with Crippen LogP contribution in [0.25, 0.3) is 0 Å². The topological polar surface area (TPSA) is 46.9 Å². The standard InChI is InChI=1S/C17H21N3O/c1-3-9-20-11-15(12(2)19-20)17(21)18-16-10-14(16)13-7-5-4-6-8-13/h4-8,11,14,16H,3,9-10H2,1-2H3,(H,18,21). The van der Waals surface area contributed by atoms with Gasteiger partial charge in [0.05, 0.1) is 11.3 Å². The van der Waals surface area contributed by atoms with Crippen LogP contribution in [0.15, 0.2) is 36.5 Å². The minimum Gasteiger partial charge on any atom is -0.349 e. The van der Waals surface area contributed by atoms with Crippen LogP contribution in [0.3, 0.4) is 0 Å². The molecule has 1 aliphatic rings. The van der Waals surface area contributed by atoms with Gasteiger partial charge in [-0.05, 0) is 25.3 Å². The second kappa shape index (κ2) is 5.72. The number of amides is 1. The largest absolute Gasteiger partial charge is 0.349 e. The molecule has 2 atom stereocenters. The van der Waals surface area contributed by atoms with Crippen molar-refractivity contribution in [2.45, 2.75) is 45.2 Å². The molecule has 110 valence electrons. The van der Waals surface area contributed by atoms with Gasteiger partial charge in [-0.1, -0.05) is 37.3 Å². The van der Waals surface area contributed by atoms with Crippen molar-refractivity contribution in [3.05, 3.63) is 53.3 Å². The minimum atomic E-state index is -0.00159. The molecule has 1 amide bonds. The van der Waals surface area contributed by atoms with E-state index in [-0.39, 0.29) is 11.9 Å². The molecule has 1 aromatic heterocycles. The number of rotatable bonds is 5. The smallest absolute Gasteiger partial charge is 0.254 e. The average molecular weight is 283 g/mol. The number of aromatic nitrogens is 2. The van der Waals surface area contributed by atoms with Gasteiger partial charge in [0.15, 0.2) is 0 Å². The lowest BCUT2D eigenvalue weighted by molar-refractivity contribution is 0.0949. The molecule has 1 aliphatic carbocycles. The number of benzene rings is 1. The lowest BCUT2D eigenvalue weighted by atomic mass is 10.1. The summed E-state index contributed by atoms with van der Waals surface area (Å²) in [5.74, 6) is 0.458. The monoisotopic (exact) mass is 283 g/mol. The van der Waals surface area contributed by atoms with Gasteiger partial charge in [-0.3, -0.25) is 9.48 Å². The summed E-state index contributed by atoms with van der Waals surface area (Å²) in [6, 6.07) is 10.6. The van der Waals surface area contributed by atoms with Crippen LogP contribution in [-0.4, -0.2) is 21.7 Å². The quantitative estimate of drug-likeness (QED) is 0.917. The summed E-state index contributed by atoms with van der Waals surface area (Å²) in [6.07, 6.45) is 3.90. The fourth-order valence-electron chi connectivity index (χ4n) is 2.75. The first-order valence-electron chi connectivity index (χ1n) is 7.59. The highest BCUT2D eigenvalue weighted by molar-refractivity contribution is 5.95. The fourth-order valence-corrected chi connectivity index (χ4v) is 2.75. The van der Waals surface area contributed by atoms with E-state index in [1.807, 2.05) is 36.0 Å². The first-order chi connectivity index (χ1) is 10.2. The highest BCUT2D eigenvalue weighted by Crippen LogP contribution is 2.40. The third kappa shape index (κ3) is 2.99. The molecule has 3 rings (SSSR count). The number of aryl methyl sites for hydroxylation is 2. The predicted octanol–water partition coefficient (Wildman–Crippen LogP) is 2.89. The van der Waals surface area contributed by atoms with Gasteiger partial charge >= 0.3 is 0 Å². The Labute approximate surface area is 125 Å². The van der Waals surface area contributed by atoms with E-state index < -0.39 is 0 Å². The molecule has 0 spiro atoms. The number of hydrogen-bond acceptors (Lipinski definition) is 2. The molecule has 1 heterocycles. The zero-order valence-electron chi connectivity index (χ0n) is 12.5. The Hall–Kier alpha value is -2.10. The van der Waals surface area contributed by atoms with Gasteiger partial charge in [0.25, 0.3) is 5.91 Å². The number of nitrogens with zero attached hydrogens (tertiary/aromatic N) is 2. The molecule has 2 unspecified atom stereocenters. The van der Waals surface area contributed by atoms with Crippen LogP contribution in [0, 0.1) is 6.92 Å². The van der Waals surface area contributed by atoms with Crippen LogP contribution in [-0.2, 0) is 6.54 Å². The Morgan fingerprint density at radius 3 is 2.86 bits per heavy atom. The molecule has 1 saturated carbocycles. The Balaban J connectivity index is 1.63. The van der Waals surface area contributed by atoms with Crippen LogP contribution >= 0.6 is 0 Å². The van der Waals surface area contributed by atoms with E-state index in [0.717, 1.165) is 25.1 Å². The Morgan fingerprint density at radius 1 is 1.38 bits per heavy atom. The van der Waals surface area contributed by atoms with Crippen molar-refractivity contribution < 1.29 is 4.79 Å². The molecule has 4 nitrogen and oxygen atoms in total. The van der Waals surface area contributed by atoms with Crippen molar-refractivity contribution in [1.29, 1.82) is 0 Å². The highest BCUT2D eigenvalue weighted by Gasteiger charge is 2.39. The van der Waals surface area contributed by atoms with E-state index in [2.05, 4.69) is 29.5 Å². The van der Waals surface area contributed by atoms with E-state index >= 15 is 0 Å². The summed E-state index contributed by atoms with van der Waals surface area (Å²) < 4.78 is 1.85. The molecule has 1 aromatic carbocycles. The minimum absolute atomic E-state index is 0.00159. The summed E-state index contributed by atoms with van der Waals surface area (Å²) in [7, 11) is 0. The second-order valence-electron chi connectivity index (χ2n) is 5.72. The maximum absolute atomic E-state index is 12.3. The lowest BCUT2D eigenvalue weighted by Crippen LogP contribution is -2.26. The third-order valence-corrected chi connectivity index (χ3v) is 3.98. The zero-order chi connectivity index (χ0) is 14.8. The van der Waals surface area contributed by atoms with Gasteiger partial charge in [-0.2, -0.15) is 5.10 Å². The Morgan fingerprint density at radius 2 is 2.14 bits per heavy atom. The van der Waals surface area contributed by atoms with E-state index in [1.165, 1.54) is 5.56 Å². The van der Waals surface area contributed by atoms with Crippen LogP contribution in [0.2, 0.25) is 0 Å². The summed E-state index contributed by atoms with van der Waals surface area (Å²) in [6.45, 7) is 4.85. The molecule has 0 bridgehead atoms. The summed E-state index contributed by atoms with van der Waals surface area (Å²) in [4.78, 5) is 12.3. The van der Waals surface area contributed by atoms with Gasteiger partial charge in [0, 0.05) is 24.7 Å². The van der Waals surface area contributed by atoms with Crippen molar-refractivity contribution in [3.63, 3.8) is 0 Å². The fraction of sp³-hybridized carbons (Fsp3) is 0.412. The van der Waals surface area contributed by atoms with E-state index in [1.54, 1.807) is 0 Å². The van der Waals surface area contributed by atoms with Gasteiger partial charge in [0.1, 0.15) is 0 Å². The first-order valence-corrected chi connectivity index (χ1v) is 7.59. The molecule has 1 fully saturated rings. The number of carbonyl (C=O) groups excluding carboxylic acids is 1. The number of nitrogens with one attached hydrogen (secondary N) is 1. The van der Waals surface area contributed by atoms with Gasteiger partial charge in [-0.15, -0.1) is 0 Å². The number of carbonyl (C=O) groups is 1. The van der Waals surface area contributed by atoms with Crippen LogP contribution in [0.1, 0.15) is 47.3 Å². The molecule has 4 heteroatoms. The van der Waals surface area contributed by atoms with Crippen molar-refractivity contribution in [1.82, 2.24) is 15.1 Å². The molecular weight excluding hydrogens is 262 g/mol. The van der Waals surface area contributed by atoms with E-state index in [4.69, 9.17) is 0 Å². The maximum atomic E-state index is 12.3. The lowest BCUT2D eigenvalue weighted by Gasteiger charge is -2.04. The summed E-state index contributed by atoms with van der Waals surface area (Å²) in [5, 5.41) is 7.50. The van der Waals surface area contributed by atoms with Crippen LogP contribution in [0.4, 0.5) is 0 Å². The Bertz CT molecular complexity index is 633. The predicted molar refractivity (Wildman–Crippen MR) is 82.3 cm³/mol. The van der Waals surface area contributed by atoms with E-state index in [9.17, 15) is 4.79 Å². The van der Waals surface area contributed by atoms with Crippen molar-refractivity contribution in [2.75, 3.05) is 0 Å². The normalized spacial score (nSPS) is 20.3. The highest BCUT2D eigenvalue weighted by atomic mass is 16.1. The van der Waals surface area contributed by atoms with E-state index in [0.29, 0.717) is 11.5 Å². The van der Waals surface area contributed by atoms with Crippen LogP contribution in [0.5, 0.6) is 0 Å². The SMILES string of the molecule is CCCn1cc(C(=O)NC2CC2c2ccccc2)c(C)n1. The molecule has 0 radical (unpaired) electrons. The van der Waals surface area contributed by atoms with Crippen LogP contribution < -0.4 is 5.32 Å². The first kappa shape index (κ1) is 13.9. The number of hydrogen-bond donors (Lipinski definition) is 1. The molecule has 0 saturated heterocycles. The summed E-state index contributed by atoms with van der Waals surface area (Å²) in [5.41, 5.74) is 2.81. The van der Waals surface area contributed by atoms with Crippen molar-refractivity contribution >= 4 is 5.91 Å². The van der Waals surface area contributed by atoms with Crippen molar-refractivity contribution in [2.24, 2.45) is 0 Å². The summed E-state index contributed by atoms with van der Waals surface area (Å²) >= 11 is 0. The molecule has 2 aromatic rings. The molecule has 21 heavy (non-hydrogen) atoms. The third-order valence-electron chi connectivity index (χ3n) is 3.98. The van der Waals surface area contributed by atoms with Gasteiger partial charge in [-0.25, -0.2) is 0 Å².